The van der Waals surface area contributed by atoms with Gasteiger partial charge in [-0.25, -0.2) is 9.34 Å². The van der Waals surface area contributed by atoms with Crippen LogP contribution in [-0.2, 0) is 20.8 Å². The highest BCUT2D eigenvalue weighted by Crippen LogP contribution is 2.50. The SMILES string of the molecule is CCP(=O)(CC)[O][Al][O]P(=O)(CC)CC.CN1CCN(C)P1(=O)O. The molecule has 8 nitrogen and oxygen atoms in total. The standard InChI is InChI=1S/C4H11N2O2P.2C4H11O2P.Al/c1-5-3-4-6(2)9(5,7)8;2*1-3-7(5,6)4-2;/h3-4H2,1-2H3,(H,7,8);2*3-4H2,1-2H3,(H,5,6);/q;;;+2/p-2. The van der Waals surface area contributed by atoms with Crippen LogP contribution in [0.15, 0.2) is 0 Å². The second-order valence-corrected chi connectivity index (χ2v) is 15.5. The van der Waals surface area contributed by atoms with Crippen LogP contribution in [0.25, 0.3) is 0 Å². The van der Waals surface area contributed by atoms with Crippen molar-refractivity contribution in [1.29, 1.82) is 0 Å². The maximum absolute atomic E-state index is 11.8. The van der Waals surface area contributed by atoms with Gasteiger partial charge in [0.15, 0.2) is 14.7 Å². The average molecular weight is 419 g/mol. The minimum Gasteiger partial charge on any atom is -0.435 e. The maximum Gasteiger partial charge on any atom is 0.679 e. The Morgan fingerprint density at radius 3 is 1.38 bits per heavy atom. The molecule has 1 heterocycles. The third-order valence-electron chi connectivity index (χ3n) is 4.03. The summed E-state index contributed by atoms with van der Waals surface area (Å²) in [6.07, 6.45) is 2.07. The molecule has 0 aromatic carbocycles. The number of hydrogen-bond acceptors (Lipinski definition) is 5. The summed E-state index contributed by atoms with van der Waals surface area (Å²) in [7, 11) is -4.74. The van der Waals surface area contributed by atoms with Gasteiger partial charge in [0, 0.05) is 37.7 Å². The van der Waals surface area contributed by atoms with Crippen molar-refractivity contribution in [2.24, 2.45) is 0 Å². The third kappa shape index (κ3) is 7.72. The quantitative estimate of drug-likeness (QED) is 0.474. The smallest absolute Gasteiger partial charge is 0.435 e. The van der Waals surface area contributed by atoms with Gasteiger partial charge in [-0.3, -0.25) is 13.7 Å². The molecule has 1 radical (unpaired) electrons. The summed E-state index contributed by atoms with van der Waals surface area (Å²) >= 11 is -0.866. The molecule has 24 heavy (non-hydrogen) atoms. The normalized spacial score (nSPS) is 19.0. The predicted molar refractivity (Wildman–Crippen MR) is 100 cm³/mol. The summed E-state index contributed by atoms with van der Waals surface area (Å²) in [6.45, 7) is 8.71. The highest BCUT2D eigenvalue weighted by molar-refractivity contribution is 7.61. The van der Waals surface area contributed by atoms with Crippen LogP contribution in [0.2, 0.25) is 0 Å². The Kier molecular flexibility index (Phi) is 11.5. The van der Waals surface area contributed by atoms with Gasteiger partial charge in [-0.05, 0) is 14.1 Å². The maximum atomic E-state index is 11.8. The fourth-order valence-electron chi connectivity index (χ4n) is 1.73. The van der Waals surface area contributed by atoms with E-state index in [0.717, 1.165) is 0 Å². The largest absolute Gasteiger partial charge is 0.679 e. The van der Waals surface area contributed by atoms with E-state index in [4.69, 9.17) is 12.0 Å². The van der Waals surface area contributed by atoms with E-state index in [1.54, 1.807) is 14.1 Å². The first-order valence-electron chi connectivity index (χ1n) is 8.10. The molecule has 0 amide bonds. The lowest BCUT2D eigenvalue weighted by atomic mass is 10.6. The molecule has 1 aliphatic rings. The summed E-state index contributed by atoms with van der Waals surface area (Å²) in [5, 5.41) is 0. The first kappa shape index (κ1) is 25.0. The summed E-state index contributed by atoms with van der Waals surface area (Å²) in [6, 6.07) is 0. The first-order valence-corrected chi connectivity index (χ1v) is 14.6. The van der Waals surface area contributed by atoms with Crippen molar-refractivity contribution in [1.82, 2.24) is 9.34 Å². The molecule has 0 aliphatic carbocycles. The lowest BCUT2D eigenvalue weighted by Gasteiger charge is -2.19. The minimum atomic E-state index is -3.06. The number of likely N-dealkylation sites (N-methyl/N-ethyl adjacent to an activating group) is 2. The zero-order valence-electron chi connectivity index (χ0n) is 15.5. The van der Waals surface area contributed by atoms with Crippen molar-refractivity contribution in [2.75, 3.05) is 51.8 Å². The van der Waals surface area contributed by atoms with Crippen molar-refractivity contribution in [3.63, 3.8) is 0 Å². The molecule has 0 atom stereocenters. The van der Waals surface area contributed by atoms with Crippen molar-refractivity contribution in [3.8, 4) is 0 Å². The van der Waals surface area contributed by atoms with Gasteiger partial charge in [0.05, 0.1) is 0 Å². The first-order chi connectivity index (χ1) is 11.0. The highest BCUT2D eigenvalue weighted by atomic mass is 31.2. The van der Waals surface area contributed by atoms with Crippen LogP contribution in [-0.4, -0.2) is 82.0 Å². The second kappa shape index (κ2) is 11.0. The number of nitrogens with zero attached hydrogens (tertiary/aromatic N) is 2. The Morgan fingerprint density at radius 1 is 0.917 bits per heavy atom. The number of hydrogen-bond donors (Lipinski definition) is 1. The van der Waals surface area contributed by atoms with Crippen LogP contribution >= 0.6 is 22.4 Å². The second-order valence-electron chi connectivity index (χ2n) is 5.48. The summed E-state index contributed by atoms with van der Waals surface area (Å²) in [5.74, 6) is 0. The van der Waals surface area contributed by atoms with Crippen LogP contribution in [0, 0.1) is 0 Å². The Labute approximate surface area is 153 Å². The fraction of sp³-hybridized carbons (Fsp3) is 1.00. The molecule has 0 bridgehead atoms. The summed E-state index contributed by atoms with van der Waals surface area (Å²) in [4.78, 5) is 9.14. The van der Waals surface area contributed by atoms with E-state index in [2.05, 4.69) is 0 Å². The van der Waals surface area contributed by atoms with Gasteiger partial charge in [-0.1, -0.05) is 27.7 Å². The third-order valence-corrected chi connectivity index (χ3v) is 13.8. The zero-order valence-corrected chi connectivity index (χ0v) is 19.4. The van der Waals surface area contributed by atoms with E-state index >= 15 is 0 Å². The molecule has 1 rings (SSSR count). The molecule has 1 saturated heterocycles. The van der Waals surface area contributed by atoms with Gasteiger partial charge in [0.1, 0.15) is 0 Å². The molecule has 1 N–H and O–H groups in total. The van der Waals surface area contributed by atoms with Gasteiger partial charge in [-0.15, -0.1) is 0 Å². The fourth-order valence-corrected chi connectivity index (χ4v) is 7.99. The van der Waals surface area contributed by atoms with E-state index in [1.165, 1.54) is 9.34 Å². The van der Waals surface area contributed by atoms with Crippen LogP contribution < -0.4 is 0 Å². The Balaban J connectivity index is 0.000000496. The van der Waals surface area contributed by atoms with E-state index in [9.17, 15) is 13.7 Å². The van der Waals surface area contributed by atoms with E-state index in [0.29, 0.717) is 37.7 Å². The van der Waals surface area contributed by atoms with Crippen molar-refractivity contribution >= 4 is 38.3 Å². The summed E-state index contributed by atoms with van der Waals surface area (Å²) < 4.78 is 48.3. The Morgan fingerprint density at radius 2 is 1.21 bits per heavy atom. The molecule has 0 spiro atoms. The molecular formula is C12H31AlN2O6P3. The predicted octanol–water partition coefficient (Wildman–Crippen LogP) is 3.15. The lowest BCUT2D eigenvalue weighted by Crippen LogP contribution is -2.11. The highest BCUT2D eigenvalue weighted by Gasteiger charge is 2.35. The zero-order chi connectivity index (χ0) is 19.0. The number of rotatable bonds is 8. The van der Waals surface area contributed by atoms with Gasteiger partial charge < -0.3 is 12.0 Å². The molecule has 0 aromatic rings. The topological polar surface area (TPSA) is 96.4 Å². The monoisotopic (exact) mass is 419 g/mol. The van der Waals surface area contributed by atoms with Gasteiger partial charge >= 0.3 is 23.6 Å². The molecule has 1 fully saturated rings. The van der Waals surface area contributed by atoms with Crippen molar-refractivity contribution < 1.29 is 25.7 Å². The molecule has 1 aliphatic heterocycles. The van der Waals surface area contributed by atoms with E-state index in [-0.39, 0.29) is 0 Å². The van der Waals surface area contributed by atoms with Crippen molar-refractivity contribution in [3.05, 3.63) is 0 Å². The van der Waals surface area contributed by atoms with Gasteiger partial charge in [0.25, 0.3) is 0 Å². The molecule has 143 valence electrons. The van der Waals surface area contributed by atoms with Crippen LogP contribution in [0.4, 0.5) is 0 Å². The summed E-state index contributed by atoms with van der Waals surface area (Å²) in [5.41, 5.74) is 0. The molecule has 0 unspecified atom stereocenters. The molecule has 0 saturated carbocycles. The minimum absolute atomic E-state index is 0.516. The Hall–Kier alpha value is 1.02. The van der Waals surface area contributed by atoms with Gasteiger partial charge in [-0.2, -0.15) is 0 Å². The van der Waals surface area contributed by atoms with E-state index < -0.39 is 38.3 Å². The van der Waals surface area contributed by atoms with Crippen LogP contribution in [0.3, 0.4) is 0 Å². The van der Waals surface area contributed by atoms with E-state index in [1.807, 2.05) is 27.7 Å². The Bertz CT molecular complexity index is 465. The average Bonchev–Trinajstić information content (AvgIpc) is 2.81. The lowest BCUT2D eigenvalue weighted by molar-refractivity contribution is 0.379. The van der Waals surface area contributed by atoms with Crippen LogP contribution in [0.5, 0.6) is 0 Å². The van der Waals surface area contributed by atoms with Crippen LogP contribution in [0.1, 0.15) is 27.7 Å². The molecular weight excluding hydrogens is 388 g/mol. The molecule has 0 aromatic heterocycles. The molecule has 12 heteroatoms. The van der Waals surface area contributed by atoms with Crippen molar-refractivity contribution in [2.45, 2.75) is 27.7 Å². The van der Waals surface area contributed by atoms with Gasteiger partial charge in [0.2, 0.25) is 0 Å².